The molecule has 0 aliphatic carbocycles. The first-order chi connectivity index (χ1) is 13.5. The van der Waals surface area contributed by atoms with Crippen molar-refractivity contribution >= 4 is 42.5 Å². The van der Waals surface area contributed by atoms with Crippen LogP contribution in [0.1, 0.15) is 20.3 Å². The topological polar surface area (TPSA) is 42.0 Å². The maximum Gasteiger partial charge on any atom is 0.407 e. The summed E-state index contributed by atoms with van der Waals surface area (Å²) < 4.78 is 25.4. The number of halogens is 1. The van der Waals surface area contributed by atoms with Gasteiger partial charge < -0.3 is 4.90 Å². The van der Waals surface area contributed by atoms with Gasteiger partial charge >= 0.3 is 7.75 Å². The molecule has 0 radical (unpaired) electrons. The van der Waals surface area contributed by atoms with E-state index in [0.29, 0.717) is 19.8 Å². The fourth-order valence-corrected chi connectivity index (χ4v) is 5.93. The Labute approximate surface area is 176 Å². The fourth-order valence-electron chi connectivity index (χ4n) is 3.18. The third-order valence-electron chi connectivity index (χ3n) is 4.45. The van der Waals surface area contributed by atoms with Gasteiger partial charge in [-0.1, -0.05) is 35.5 Å². The number of hydrogen-bond donors (Lipinski definition) is 0. The molecule has 152 valence electrons. The Morgan fingerprint density at radius 2 is 1.75 bits per heavy atom. The Bertz CT molecular complexity index is 857. The van der Waals surface area contributed by atoms with Gasteiger partial charge in [-0.2, -0.15) is 0 Å². The number of para-hydroxylation sites is 1. The van der Waals surface area contributed by atoms with Crippen LogP contribution in [0.3, 0.4) is 0 Å². The minimum atomic E-state index is -3.23. The van der Waals surface area contributed by atoms with E-state index < -0.39 is 7.75 Å². The molecule has 1 heterocycles. The van der Waals surface area contributed by atoms with Crippen molar-refractivity contribution in [3.63, 3.8) is 0 Å². The lowest BCUT2D eigenvalue weighted by atomic mass is 10.2. The smallest absolute Gasteiger partial charge is 0.340 e. The molecule has 5 nitrogen and oxygen atoms in total. The summed E-state index contributed by atoms with van der Waals surface area (Å²) in [7, 11) is -1.44. The highest BCUT2D eigenvalue weighted by Crippen LogP contribution is 2.51. The quantitative estimate of drug-likeness (QED) is 0.417. The zero-order valence-corrected chi connectivity index (χ0v) is 18.9. The number of benzene rings is 2. The van der Waals surface area contributed by atoms with E-state index in [2.05, 4.69) is 29.2 Å². The van der Waals surface area contributed by atoms with Gasteiger partial charge in [0.05, 0.1) is 24.6 Å². The van der Waals surface area contributed by atoms with E-state index in [1.807, 2.05) is 32.0 Å². The zero-order valence-electron chi connectivity index (χ0n) is 16.4. The van der Waals surface area contributed by atoms with Crippen molar-refractivity contribution in [3.05, 3.63) is 47.5 Å². The average molecular weight is 441 g/mol. The molecule has 1 aliphatic rings. The molecule has 0 spiro atoms. The third kappa shape index (κ3) is 4.76. The molecule has 0 unspecified atom stereocenters. The molecule has 0 N–H and O–H groups in total. The summed E-state index contributed by atoms with van der Waals surface area (Å²) in [6, 6.07) is 14.4. The van der Waals surface area contributed by atoms with Gasteiger partial charge in [0.25, 0.3) is 0 Å². The Morgan fingerprint density at radius 3 is 2.46 bits per heavy atom. The summed E-state index contributed by atoms with van der Waals surface area (Å²) >= 11 is 8.03. The lowest BCUT2D eigenvalue weighted by Crippen LogP contribution is -2.26. The summed E-state index contributed by atoms with van der Waals surface area (Å²) in [6.07, 6.45) is 0.797. The normalized spacial score (nSPS) is 13.5. The standard InChI is InChI=1S/C20H26ClN2O3PS/c1-4-25-27(24,26-5-2)22(3)13-8-14-23-17-9-6-7-10-19(17)28-20-12-11-16(21)15-18(20)23/h6-7,9-12,15H,4-5,8,13-14H2,1-3H3. The van der Waals surface area contributed by atoms with Crippen LogP contribution >= 0.6 is 31.1 Å². The Balaban J connectivity index is 1.76. The van der Waals surface area contributed by atoms with Gasteiger partial charge in [-0.15, -0.1) is 0 Å². The molecular formula is C20H26ClN2O3PS. The average Bonchev–Trinajstić information content (AvgIpc) is 2.68. The fraction of sp³-hybridized carbons (Fsp3) is 0.400. The number of nitrogens with zero attached hydrogens (tertiary/aromatic N) is 2. The molecule has 8 heteroatoms. The Morgan fingerprint density at radius 1 is 1.07 bits per heavy atom. The number of hydrogen-bond acceptors (Lipinski definition) is 5. The molecule has 0 saturated heterocycles. The molecular weight excluding hydrogens is 415 g/mol. The molecule has 0 bridgehead atoms. The van der Waals surface area contributed by atoms with Crippen molar-refractivity contribution in [1.29, 1.82) is 0 Å². The van der Waals surface area contributed by atoms with Gasteiger partial charge in [0.2, 0.25) is 0 Å². The highest BCUT2D eigenvalue weighted by Gasteiger charge is 2.30. The van der Waals surface area contributed by atoms with E-state index in [9.17, 15) is 4.57 Å². The summed E-state index contributed by atoms with van der Waals surface area (Å²) in [5.74, 6) is 0. The van der Waals surface area contributed by atoms with Crippen LogP contribution in [0.25, 0.3) is 0 Å². The van der Waals surface area contributed by atoms with E-state index >= 15 is 0 Å². The van der Waals surface area contributed by atoms with E-state index in [1.54, 1.807) is 23.5 Å². The second-order valence-electron chi connectivity index (χ2n) is 6.37. The summed E-state index contributed by atoms with van der Waals surface area (Å²) in [5, 5.41) is 0.720. The highest BCUT2D eigenvalue weighted by atomic mass is 35.5. The van der Waals surface area contributed by atoms with E-state index in [4.69, 9.17) is 20.6 Å². The summed E-state index contributed by atoms with van der Waals surface area (Å²) in [5.41, 5.74) is 2.28. The first-order valence-corrected chi connectivity index (χ1v) is 12.1. The van der Waals surface area contributed by atoms with Gasteiger partial charge in [-0.25, -0.2) is 9.24 Å². The first kappa shape index (κ1) is 21.7. The van der Waals surface area contributed by atoms with Gasteiger partial charge in [-0.3, -0.25) is 9.05 Å². The van der Waals surface area contributed by atoms with Crippen LogP contribution < -0.4 is 4.90 Å². The van der Waals surface area contributed by atoms with Crippen LogP contribution in [0.2, 0.25) is 5.02 Å². The molecule has 0 atom stereocenters. The van der Waals surface area contributed by atoms with E-state index in [-0.39, 0.29) is 0 Å². The maximum atomic E-state index is 12.9. The molecule has 0 saturated carbocycles. The Kier molecular flexibility index (Phi) is 7.48. The lowest BCUT2D eigenvalue weighted by Gasteiger charge is -2.33. The zero-order chi connectivity index (χ0) is 20.1. The van der Waals surface area contributed by atoms with Crippen LogP contribution in [0.15, 0.2) is 52.3 Å². The van der Waals surface area contributed by atoms with Crippen LogP contribution in [0.5, 0.6) is 0 Å². The lowest BCUT2D eigenvalue weighted by molar-refractivity contribution is 0.176. The van der Waals surface area contributed by atoms with Gasteiger partial charge in [0.15, 0.2) is 0 Å². The molecule has 2 aromatic carbocycles. The monoisotopic (exact) mass is 440 g/mol. The summed E-state index contributed by atoms with van der Waals surface area (Å²) in [4.78, 5) is 4.69. The molecule has 2 aromatic rings. The molecule has 0 aromatic heterocycles. The van der Waals surface area contributed by atoms with Crippen LogP contribution in [-0.2, 0) is 13.6 Å². The maximum absolute atomic E-state index is 12.9. The van der Waals surface area contributed by atoms with E-state index in [1.165, 1.54) is 15.5 Å². The second kappa shape index (κ2) is 9.66. The first-order valence-electron chi connectivity index (χ1n) is 9.43. The summed E-state index contributed by atoms with van der Waals surface area (Å²) in [6.45, 7) is 5.71. The van der Waals surface area contributed by atoms with Crippen molar-refractivity contribution in [2.24, 2.45) is 0 Å². The Hall–Kier alpha value is -1.01. The SMILES string of the molecule is CCOP(=O)(OCC)N(C)CCCN1c2ccccc2Sc2ccc(Cl)cc21. The van der Waals surface area contributed by atoms with Gasteiger partial charge in [0, 0.05) is 27.9 Å². The minimum absolute atomic E-state index is 0.351. The second-order valence-corrected chi connectivity index (χ2v) is 10.0. The van der Waals surface area contributed by atoms with Crippen molar-refractivity contribution in [2.75, 3.05) is 38.3 Å². The van der Waals surface area contributed by atoms with Gasteiger partial charge in [-0.05, 0) is 57.6 Å². The van der Waals surface area contributed by atoms with Crippen LogP contribution in [0.4, 0.5) is 11.4 Å². The van der Waals surface area contributed by atoms with Gasteiger partial charge in [0.1, 0.15) is 0 Å². The number of fused-ring (bicyclic) bond motifs is 2. The van der Waals surface area contributed by atoms with E-state index in [0.717, 1.165) is 23.7 Å². The number of rotatable bonds is 9. The molecule has 28 heavy (non-hydrogen) atoms. The molecule has 0 fully saturated rings. The predicted octanol–water partition coefficient (Wildman–Crippen LogP) is 6.45. The van der Waals surface area contributed by atoms with Crippen LogP contribution in [-0.4, -0.2) is 38.0 Å². The minimum Gasteiger partial charge on any atom is -0.340 e. The van der Waals surface area contributed by atoms with Crippen molar-refractivity contribution in [2.45, 2.75) is 30.1 Å². The molecule has 1 aliphatic heterocycles. The van der Waals surface area contributed by atoms with Crippen molar-refractivity contribution in [3.8, 4) is 0 Å². The third-order valence-corrected chi connectivity index (χ3v) is 8.02. The number of anilines is 2. The predicted molar refractivity (Wildman–Crippen MR) is 117 cm³/mol. The van der Waals surface area contributed by atoms with Crippen molar-refractivity contribution in [1.82, 2.24) is 4.67 Å². The highest BCUT2D eigenvalue weighted by molar-refractivity contribution is 7.99. The molecule has 0 amide bonds. The largest absolute Gasteiger partial charge is 0.407 e. The van der Waals surface area contributed by atoms with Crippen LogP contribution in [0, 0.1) is 0 Å². The van der Waals surface area contributed by atoms with Crippen molar-refractivity contribution < 1.29 is 13.6 Å². The molecule has 3 rings (SSSR count).